The Morgan fingerprint density at radius 1 is 0.424 bits per heavy atom. The van der Waals surface area contributed by atoms with Crippen LogP contribution in [0.15, 0.2) is 49.8 Å². The van der Waals surface area contributed by atoms with Crippen LogP contribution >= 0.6 is 47.8 Å². The number of benzene rings is 3. The maximum absolute atomic E-state index is 6.41. The van der Waals surface area contributed by atoms with E-state index in [-0.39, 0.29) is 0 Å². The molecule has 168 valence electrons. The molecule has 0 bridgehead atoms. The number of halogens is 3. The van der Waals surface area contributed by atoms with Crippen molar-refractivity contribution in [3.63, 3.8) is 0 Å². The Kier molecular flexibility index (Phi) is 7.69. The zero-order chi connectivity index (χ0) is 24.0. The van der Waals surface area contributed by atoms with Crippen molar-refractivity contribution in [2.75, 3.05) is 0 Å². The summed E-state index contributed by atoms with van der Waals surface area (Å²) in [6.45, 7) is 12.5. The summed E-state index contributed by atoms with van der Waals surface area (Å²) in [4.78, 5) is 0. The molecule has 0 radical (unpaired) electrons. The molecule has 1 aliphatic heterocycles. The smallest absolute Gasteiger partial charge is 0.445 e. The first kappa shape index (κ1) is 25.3. The fourth-order valence-corrected chi connectivity index (χ4v) is 4.94. The average molecular weight is 633 g/mol. The van der Waals surface area contributed by atoms with E-state index in [2.05, 4.69) is 126 Å². The fourth-order valence-electron chi connectivity index (χ4n) is 4.25. The molecule has 9 heteroatoms. The van der Waals surface area contributed by atoms with Crippen LogP contribution in [0.1, 0.15) is 33.4 Å². The number of aryl methyl sites for hydroxylation is 6. The normalized spacial score (nSPS) is 14.3. The van der Waals surface area contributed by atoms with Crippen molar-refractivity contribution in [2.24, 2.45) is 0 Å². The van der Waals surface area contributed by atoms with Gasteiger partial charge in [0.25, 0.3) is 0 Å². The lowest BCUT2D eigenvalue weighted by Crippen LogP contribution is -2.61. The summed E-state index contributed by atoms with van der Waals surface area (Å²) in [5, 5.41) is 0. The second kappa shape index (κ2) is 10.0. The molecule has 0 aromatic heterocycles. The molecule has 0 aliphatic carbocycles. The highest BCUT2D eigenvalue weighted by Gasteiger charge is 2.44. The van der Waals surface area contributed by atoms with Gasteiger partial charge in [-0.05, 0) is 91.3 Å². The first-order valence-electron chi connectivity index (χ1n) is 10.8. The Labute approximate surface area is 222 Å². The highest BCUT2D eigenvalue weighted by Crippen LogP contribution is 2.24. The highest BCUT2D eigenvalue weighted by atomic mass is 79.9. The van der Waals surface area contributed by atoms with E-state index in [4.69, 9.17) is 13.7 Å². The van der Waals surface area contributed by atoms with Crippen molar-refractivity contribution in [3.8, 4) is 0 Å². The van der Waals surface area contributed by atoms with Crippen LogP contribution in [0.25, 0.3) is 0 Å². The van der Waals surface area contributed by atoms with Crippen molar-refractivity contribution in [1.29, 1.82) is 0 Å². The van der Waals surface area contributed by atoms with Gasteiger partial charge in [0.1, 0.15) is 0 Å². The van der Waals surface area contributed by atoms with Gasteiger partial charge >= 0.3 is 21.4 Å². The maximum Gasteiger partial charge on any atom is 0.467 e. The van der Waals surface area contributed by atoms with Crippen LogP contribution in [0.4, 0.5) is 0 Å². The molecular weight excluding hydrogens is 608 g/mol. The minimum atomic E-state index is -0.562. The molecule has 3 nitrogen and oxygen atoms in total. The van der Waals surface area contributed by atoms with Gasteiger partial charge in [-0.25, -0.2) is 0 Å². The van der Waals surface area contributed by atoms with E-state index in [1.807, 2.05) is 0 Å². The Morgan fingerprint density at radius 3 is 0.788 bits per heavy atom. The van der Waals surface area contributed by atoms with Gasteiger partial charge in [-0.1, -0.05) is 84.2 Å². The Bertz CT molecular complexity index is 1010. The average Bonchev–Trinajstić information content (AvgIpc) is 2.78. The summed E-state index contributed by atoms with van der Waals surface area (Å²) in [6.07, 6.45) is 0. The van der Waals surface area contributed by atoms with Crippen molar-refractivity contribution in [2.45, 2.75) is 41.5 Å². The predicted molar refractivity (Wildman–Crippen MR) is 150 cm³/mol. The summed E-state index contributed by atoms with van der Waals surface area (Å²) in [5.74, 6) is 0. The van der Waals surface area contributed by atoms with E-state index < -0.39 is 21.4 Å². The van der Waals surface area contributed by atoms with Crippen LogP contribution in [-0.4, -0.2) is 21.4 Å². The van der Waals surface area contributed by atoms with E-state index >= 15 is 0 Å². The summed E-state index contributed by atoms with van der Waals surface area (Å²) in [5.41, 5.74) is 9.77. The minimum Gasteiger partial charge on any atom is -0.445 e. The summed E-state index contributed by atoms with van der Waals surface area (Å²) < 4.78 is 22.5. The fraction of sp³-hybridized carbons (Fsp3) is 0.250. The Morgan fingerprint density at radius 2 is 0.606 bits per heavy atom. The second-order valence-corrected chi connectivity index (χ2v) is 11.2. The molecule has 1 aliphatic rings. The third kappa shape index (κ3) is 5.24. The van der Waals surface area contributed by atoms with Gasteiger partial charge < -0.3 is 13.7 Å². The third-order valence-corrected chi connectivity index (χ3v) is 9.69. The van der Waals surface area contributed by atoms with Gasteiger partial charge in [0, 0.05) is 13.4 Å². The largest absolute Gasteiger partial charge is 0.467 e. The number of rotatable bonds is 3. The molecule has 1 fully saturated rings. The lowest BCUT2D eigenvalue weighted by Gasteiger charge is -2.32. The summed E-state index contributed by atoms with van der Waals surface area (Å²) in [7, 11) is -1.69. The van der Waals surface area contributed by atoms with E-state index in [0.29, 0.717) is 0 Å². The molecule has 33 heavy (non-hydrogen) atoms. The lowest BCUT2D eigenvalue weighted by atomic mass is 9.61. The molecule has 0 spiro atoms. The molecule has 1 heterocycles. The summed E-state index contributed by atoms with van der Waals surface area (Å²) >= 11 is 11.0. The van der Waals surface area contributed by atoms with Crippen molar-refractivity contribution < 1.29 is 13.7 Å². The standard InChI is InChI=1S/C24H24B3Br3O3/c1-13-7-19(8-14(2)22(13)28)25-31-26(20-9-15(3)23(29)16(4)10-20)33-27(32-25)21-11-17(5)24(30)18(6)12-21/h7-12H,1-6H3. The predicted octanol–water partition coefficient (Wildman–Crippen LogP) is 5.37. The van der Waals surface area contributed by atoms with Crippen LogP contribution in [0.2, 0.25) is 0 Å². The highest BCUT2D eigenvalue weighted by molar-refractivity contribution is 9.11. The quantitative estimate of drug-likeness (QED) is 0.364. The number of hydrogen-bond donors (Lipinski definition) is 0. The first-order valence-corrected chi connectivity index (χ1v) is 13.2. The van der Waals surface area contributed by atoms with Gasteiger partial charge in [0.15, 0.2) is 0 Å². The van der Waals surface area contributed by atoms with Gasteiger partial charge in [0.05, 0.1) is 0 Å². The van der Waals surface area contributed by atoms with Gasteiger partial charge in [-0.3, -0.25) is 0 Å². The van der Waals surface area contributed by atoms with Crippen molar-refractivity contribution in [1.82, 2.24) is 0 Å². The molecule has 3 aromatic rings. The monoisotopic (exact) mass is 630 g/mol. The van der Waals surface area contributed by atoms with Crippen LogP contribution in [0.3, 0.4) is 0 Å². The zero-order valence-corrected chi connectivity index (χ0v) is 24.3. The summed E-state index contributed by atoms with van der Waals surface area (Å²) in [6, 6.07) is 12.7. The Hall–Kier alpha value is -0.825. The van der Waals surface area contributed by atoms with Gasteiger partial charge in [-0.2, -0.15) is 0 Å². The molecule has 0 amide bonds. The lowest BCUT2D eigenvalue weighted by molar-refractivity contribution is 0.308. The minimum absolute atomic E-state index is 0.562. The van der Waals surface area contributed by atoms with Gasteiger partial charge in [-0.15, -0.1) is 0 Å². The zero-order valence-electron chi connectivity index (χ0n) is 19.6. The van der Waals surface area contributed by atoms with E-state index in [0.717, 1.165) is 63.2 Å². The SMILES string of the molecule is Cc1cc(B2OB(c3cc(C)c(Br)c(C)c3)OB(c3cc(C)c(Br)c(C)c3)O2)cc(C)c1Br. The molecule has 0 atom stereocenters. The first-order chi connectivity index (χ1) is 15.5. The van der Waals surface area contributed by atoms with Crippen LogP contribution in [-0.2, 0) is 13.7 Å². The molecular formula is C24H24B3Br3O3. The molecule has 1 saturated heterocycles. The van der Waals surface area contributed by atoms with Crippen molar-refractivity contribution >= 4 is 85.5 Å². The topological polar surface area (TPSA) is 27.7 Å². The molecule has 0 N–H and O–H groups in total. The van der Waals surface area contributed by atoms with E-state index in [1.54, 1.807) is 0 Å². The number of hydrogen-bond acceptors (Lipinski definition) is 3. The second-order valence-electron chi connectivity index (χ2n) is 8.81. The Balaban J connectivity index is 1.78. The molecule has 3 aromatic carbocycles. The van der Waals surface area contributed by atoms with Crippen LogP contribution in [0, 0.1) is 41.5 Å². The van der Waals surface area contributed by atoms with Gasteiger partial charge in [0.2, 0.25) is 0 Å². The molecule has 0 saturated carbocycles. The van der Waals surface area contributed by atoms with Crippen LogP contribution < -0.4 is 16.4 Å². The third-order valence-electron chi connectivity index (χ3n) is 5.93. The molecule has 4 rings (SSSR count). The van der Waals surface area contributed by atoms with Crippen LogP contribution in [0.5, 0.6) is 0 Å². The maximum atomic E-state index is 6.41. The van der Waals surface area contributed by atoms with Crippen molar-refractivity contribution in [3.05, 3.63) is 83.2 Å². The molecule has 0 unspecified atom stereocenters. The van der Waals surface area contributed by atoms with E-state index in [1.165, 1.54) is 0 Å². The van der Waals surface area contributed by atoms with E-state index in [9.17, 15) is 0 Å².